The van der Waals surface area contributed by atoms with Gasteiger partial charge in [-0.2, -0.15) is 4.98 Å². The molecule has 35 heavy (non-hydrogen) atoms. The molecular weight excluding hydrogens is 468 g/mol. The van der Waals surface area contributed by atoms with Gasteiger partial charge in [0, 0.05) is 44.8 Å². The Morgan fingerprint density at radius 3 is 2.71 bits per heavy atom. The fourth-order valence-corrected chi connectivity index (χ4v) is 5.42. The lowest BCUT2D eigenvalue weighted by molar-refractivity contribution is 0.0969. The molecule has 2 aliphatic rings. The van der Waals surface area contributed by atoms with Crippen LogP contribution < -0.4 is 21.5 Å². The minimum Gasteiger partial charge on any atom is -0.338 e. The number of carbonyl (C=O) groups excluding carboxylic acids is 1. The van der Waals surface area contributed by atoms with Gasteiger partial charge in [-0.15, -0.1) is 0 Å². The normalized spacial score (nSPS) is 19.4. The zero-order valence-electron chi connectivity index (χ0n) is 20.1. The van der Waals surface area contributed by atoms with E-state index in [-0.39, 0.29) is 10.6 Å². The number of hydrogen-bond acceptors (Lipinski definition) is 6. The molecule has 2 aliphatic heterocycles. The highest BCUT2D eigenvalue weighted by Gasteiger charge is 2.40. The fourth-order valence-electron chi connectivity index (χ4n) is 5.18. The van der Waals surface area contributed by atoms with Crippen molar-refractivity contribution in [1.82, 2.24) is 24.0 Å². The number of Topliss-reactive ketones (excluding diaryl/α,β-unsaturated/α-hetero) is 1. The van der Waals surface area contributed by atoms with Gasteiger partial charge in [0.15, 0.2) is 16.9 Å². The fraction of sp³-hybridized carbons (Fsp3) is 0.440. The summed E-state index contributed by atoms with van der Waals surface area (Å²) in [6.45, 7) is 6.75. The van der Waals surface area contributed by atoms with Crippen LogP contribution in [-0.4, -0.2) is 50.1 Å². The van der Waals surface area contributed by atoms with Crippen LogP contribution in [0.3, 0.4) is 0 Å². The zero-order valence-corrected chi connectivity index (χ0v) is 20.9. The molecule has 2 aromatic heterocycles. The van der Waals surface area contributed by atoms with Gasteiger partial charge in [0.1, 0.15) is 0 Å². The van der Waals surface area contributed by atoms with E-state index in [4.69, 9.17) is 16.6 Å². The number of nitrogens with zero attached hydrogens (tertiary/aromatic N) is 5. The molecule has 9 nitrogen and oxygen atoms in total. The van der Waals surface area contributed by atoms with Crippen LogP contribution in [0.2, 0.25) is 5.02 Å². The molecule has 2 fully saturated rings. The molecule has 0 saturated carbocycles. The number of nitrogens with one attached hydrogen (secondary N) is 1. The summed E-state index contributed by atoms with van der Waals surface area (Å²) in [4.78, 5) is 47.0. The van der Waals surface area contributed by atoms with Gasteiger partial charge in [-0.25, -0.2) is 4.79 Å². The Morgan fingerprint density at radius 1 is 1.20 bits per heavy atom. The number of imidazole rings is 1. The van der Waals surface area contributed by atoms with Gasteiger partial charge < -0.3 is 14.8 Å². The first-order valence-corrected chi connectivity index (χ1v) is 12.2. The quantitative estimate of drug-likeness (QED) is 0.415. The molecule has 0 spiro atoms. The number of fused-ring (bicyclic) bond motifs is 2. The first-order valence-electron chi connectivity index (χ1n) is 11.9. The lowest BCUT2D eigenvalue weighted by Crippen LogP contribution is -2.41. The van der Waals surface area contributed by atoms with Crippen LogP contribution in [0.1, 0.15) is 30.6 Å². The second-order valence-corrected chi connectivity index (χ2v) is 9.99. The predicted molar refractivity (Wildman–Crippen MR) is 137 cm³/mol. The molecule has 5 rings (SSSR count). The van der Waals surface area contributed by atoms with Crippen LogP contribution in [0.5, 0.6) is 0 Å². The summed E-state index contributed by atoms with van der Waals surface area (Å²) in [5.74, 6) is 0.834. The Labute approximate surface area is 207 Å². The molecule has 0 radical (unpaired) electrons. The zero-order chi connectivity index (χ0) is 24.9. The molecule has 0 amide bonds. The summed E-state index contributed by atoms with van der Waals surface area (Å²) in [7, 11) is 1.59. The number of allylic oxidation sites excluding steroid dienone is 2. The van der Waals surface area contributed by atoms with Crippen molar-refractivity contribution >= 4 is 34.5 Å². The SMILES string of the molecule is CC(C)=CCn1c(N2CCC3CNCC32)nc2c1c(=O)n(CC(=O)c1ccccc1Cl)c(=O)n2C. The highest BCUT2D eigenvalue weighted by molar-refractivity contribution is 6.33. The van der Waals surface area contributed by atoms with E-state index in [2.05, 4.69) is 10.2 Å². The molecule has 1 N–H and O–H groups in total. The van der Waals surface area contributed by atoms with E-state index < -0.39 is 23.6 Å². The van der Waals surface area contributed by atoms with Gasteiger partial charge in [-0.05, 0) is 38.3 Å². The van der Waals surface area contributed by atoms with Crippen molar-refractivity contribution in [1.29, 1.82) is 0 Å². The number of aromatic nitrogens is 4. The van der Waals surface area contributed by atoms with Crippen molar-refractivity contribution in [2.45, 2.75) is 39.4 Å². The van der Waals surface area contributed by atoms with Gasteiger partial charge in [0.25, 0.3) is 5.56 Å². The Morgan fingerprint density at radius 2 is 1.97 bits per heavy atom. The number of aryl methyl sites for hydroxylation is 1. The number of halogens is 1. The molecule has 2 atom stereocenters. The topological polar surface area (TPSA) is 94.2 Å². The van der Waals surface area contributed by atoms with Crippen molar-refractivity contribution in [2.24, 2.45) is 13.0 Å². The van der Waals surface area contributed by atoms with Crippen molar-refractivity contribution in [3.63, 3.8) is 0 Å². The average molecular weight is 497 g/mol. The summed E-state index contributed by atoms with van der Waals surface area (Å²) in [5.41, 5.74) is 0.930. The Kier molecular flexibility index (Phi) is 6.14. The van der Waals surface area contributed by atoms with E-state index in [1.807, 2.05) is 24.5 Å². The van der Waals surface area contributed by atoms with Crippen LogP contribution >= 0.6 is 11.6 Å². The maximum absolute atomic E-state index is 13.7. The van der Waals surface area contributed by atoms with Crippen molar-refractivity contribution in [2.75, 3.05) is 24.5 Å². The summed E-state index contributed by atoms with van der Waals surface area (Å²) in [5, 5.41) is 3.74. The van der Waals surface area contributed by atoms with E-state index in [0.29, 0.717) is 35.6 Å². The number of hydrogen-bond donors (Lipinski definition) is 1. The Hall–Kier alpha value is -3.17. The standard InChI is InChI=1S/C25H29ClN6O3/c1-15(2)8-10-31-21-22(28-24(31)30-11-9-16-12-27-13-19(16)30)29(3)25(35)32(23(21)34)14-20(33)17-6-4-5-7-18(17)26/h4-8,16,19,27H,9-14H2,1-3H3. The van der Waals surface area contributed by atoms with Crippen LogP contribution in [0.4, 0.5) is 5.95 Å². The minimum absolute atomic E-state index is 0.277. The first-order chi connectivity index (χ1) is 16.8. The monoisotopic (exact) mass is 496 g/mol. The molecule has 4 heterocycles. The van der Waals surface area contributed by atoms with Crippen LogP contribution in [0.25, 0.3) is 11.2 Å². The first kappa shape index (κ1) is 23.6. The molecule has 2 saturated heterocycles. The second-order valence-electron chi connectivity index (χ2n) is 9.58. The number of anilines is 1. The molecule has 10 heteroatoms. The Balaban J connectivity index is 1.67. The van der Waals surface area contributed by atoms with E-state index in [9.17, 15) is 14.4 Å². The van der Waals surface area contributed by atoms with Crippen LogP contribution in [-0.2, 0) is 20.1 Å². The summed E-state index contributed by atoms with van der Waals surface area (Å²) >= 11 is 6.18. The number of carbonyl (C=O) groups is 1. The molecular formula is C25H29ClN6O3. The minimum atomic E-state index is -0.580. The highest BCUT2D eigenvalue weighted by atomic mass is 35.5. The smallest absolute Gasteiger partial charge is 0.332 e. The average Bonchev–Trinajstić information content (AvgIpc) is 3.53. The van der Waals surface area contributed by atoms with Crippen LogP contribution in [0.15, 0.2) is 45.5 Å². The van der Waals surface area contributed by atoms with Gasteiger partial charge in [0.05, 0.1) is 11.6 Å². The molecule has 2 unspecified atom stereocenters. The van der Waals surface area contributed by atoms with E-state index in [0.717, 1.165) is 36.2 Å². The summed E-state index contributed by atoms with van der Waals surface area (Å²) in [6, 6.07) is 6.93. The molecule has 184 valence electrons. The molecule has 0 aliphatic carbocycles. The van der Waals surface area contributed by atoms with Gasteiger partial charge in [-0.1, -0.05) is 35.4 Å². The molecule has 3 aromatic rings. The van der Waals surface area contributed by atoms with Gasteiger partial charge in [-0.3, -0.25) is 18.7 Å². The maximum atomic E-state index is 13.7. The summed E-state index contributed by atoms with van der Waals surface area (Å²) < 4.78 is 4.24. The van der Waals surface area contributed by atoms with E-state index >= 15 is 0 Å². The molecule has 1 aromatic carbocycles. The van der Waals surface area contributed by atoms with Crippen LogP contribution in [0, 0.1) is 5.92 Å². The van der Waals surface area contributed by atoms with Gasteiger partial charge in [0.2, 0.25) is 5.95 Å². The number of rotatable bonds is 6. The highest BCUT2D eigenvalue weighted by Crippen LogP contribution is 2.32. The van der Waals surface area contributed by atoms with Crippen molar-refractivity contribution in [3.05, 3.63) is 67.3 Å². The Bertz CT molecular complexity index is 1460. The second kappa shape index (κ2) is 9.13. The predicted octanol–water partition coefficient (Wildman–Crippen LogP) is 2.20. The third-order valence-corrected chi connectivity index (χ3v) is 7.40. The molecule has 0 bridgehead atoms. The van der Waals surface area contributed by atoms with E-state index in [1.54, 1.807) is 31.3 Å². The summed E-state index contributed by atoms with van der Waals surface area (Å²) in [6.07, 6.45) is 3.09. The van der Waals surface area contributed by atoms with Crippen molar-refractivity contribution < 1.29 is 4.79 Å². The lowest BCUT2D eigenvalue weighted by Gasteiger charge is -2.25. The maximum Gasteiger partial charge on any atom is 0.332 e. The lowest BCUT2D eigenvalue weighted by atomic mass is 10.1. The largest absolute Gasteiger partial charge is 0.338 e. The van der Waals surface area contributed by atoms with Crippen molar-refractivity contribution in [3.8, 4) is 0 Å². The van der Waals surface area contributed by atoms with Gasteiger partial charge >= 0.3 is 5.69 Å². The number of benzene rings is 1. The third kappa shape index (κ3) is 4.02. The third-order valence-electron chi connectivity index (χ3n) is 7.07. The van der Waals surface area contributed by atoms with E-state index in [1.165, 1.54) is 4.57 Å². The number of ketones is 1.